The minimum atomic E-state index is -1.39. The Morgan fingerprint density at radius 3 is 2.39 bits per heavy atom. The molecule has 2 N–H and O–H groups in total. The Kier molecular flexibility index (Phi) is 10.7. The number of piperazine rings is 1. The number of nitrogens with one attached hydrogen (secondary N) is 2. The molecule has 0 spiro atoms. The minimum absolute atomic E-state index is 0.0130. The van der Waals surface area contributed by atoms with Gasteiger partial charge < -0.3 is 25.0 Å². The van der Waals surface area contributed by atoms with Crippen LogP contribution in [0, 0.1) is 17.7 Å². The number of halogens is 2. The normalized spacial score (nSPS) is 19.2. The van der Waals surface area contributed by atoms with Crippen LogP contribution in [0.1, 0.15) is 47.2 Å². The lowest BCUT2D eigenvalue weighted by Crippen LogP contribution is -2.67. The smallest absolute Gasteiger partial charge is 0.247 e. The van der Waals surface area contributed by atoms with E-state index in [1.807, 2.05) is 31.2 Å². The quantitative estimate of drug-likeness (QED) is 0.191. The van der Waals surface area contributed by atoms with E-state index >= 15 is 4.39 Å². The van der Waals surface area contributed by atoms with E-state index in [0.29, 0.717) is 41.9 Å². The van der Waals surface area contributed by atoms with Gasteiger partial charge in [0.25, 0.3) is 0 Å². The van der Waals surface area contributed by atoms with E-state index < -0.39 is 29.8 Å². The molecule has 4 atom stereocenters. The topological polar surface area (TPSA) is 97.0 Å². The molecule has 3 aromatic rings. The Morgan fingerprint density at radius 2 is 1.78 bits per heavy atom. The van der Waals surface area contributed by atoms with Crippen molar-refractivity contribution < 1.29 is 28.2 Å². The minimum Gasteiger partial charge on any atom is -0.493 e. The van der Waals surface area contributed by atoms with Crippen LogP contribution in [-0.2, 0) is 33.8 Å². The first-order chi connectivity index (χ1) is 22.2. The number of benzene rings is 3. The number of hydrogen-bond donors (Lipinski definition) is 2. The Morgan fingerprint density at radius 1 is 1.09 bits per heavy atom. The molecule has 0 bridgehead atoms. The van der Waals surface area contributed by atoms with Crippen molar-refractivity contribution in [2.75, 3.05) is 18.6 Å². The van der Waals surface area contributed by atoms with E-state index in [1.54, 1.807) is 24.3 Å². The number of fused-ring (bicyclic) bond motifs is 1. The SMILES string of the molecule is C=Cc1ccc(C(C(=O)NCc2ccc(OC)c(OC)c2)N2C(=O)[C@@H](C3Cc4ccccc4C3)NC(=O)[C@H]2CC(C)CI)c(F)c1. The number of ether oxygens (including phenoxy) is 2. The summed E-state index contributed by atoms with van der Waals surface area (Å²) in [4.78, 5) is 44.2. The lowest BCUT2D eigenvalue weighted by atomic mass is 9.87. The van der Waals surface area contributed by atoms with Gasteiger partial charge in [0.1, 0.15) is 23.9 Å². The maximum absolute atomic E-state index is 15.9. The molecule has 0 saturated carbocycles. The van der Waals surface area contributed by atoms with E-state index in [2.05, 4.69) is 39.8 Å². The van der Waals surface area contributed by atoms with E-state index in [9.17, 15) is 14.4 Å². The summed E-state index contributed by atoms with van der Waals surface area (Å²) in [6.45, 7) is 5.79. The van der Waals surface area contributed by atoms with Gasteiger partial charge in [-0.05, 0) is 71.6 Å². The first-order valence-corrected chi connectivity index (χ1v) is 16.9. The van der Waals surface area contributed by atoms with Crippen LogP contribution in [0.4, 0.5) is 4.39 Å². The highest BCUT2D eigenvalue weighted by Gasteiger charge is 2.50. The second-order valence-electron chi connectivity index (χ2n) is 12.0. The van der Waals surface area contributed by atoms with Gasteiger partial charge in [-0.25, -0.2) is 4.39 Å². The van der Waals surface area contributed by atoms with Crippen molar-refractivity contribution >= 4 is 46.4 Å². The summed E-state index contributed by atoms with van der Waals surface area (Å²) >= 11 is 2.25. The van der Waals surface area contributed by atoms with Crippen LogP contribution < -0.4 is 20.1 Å². The summed E-state index contributed by atoms with van der Waals surface area (Å²) < 4.78 is 27.4. The third-order valence-electron chi connectivity index (χ3n) is 8.90. The van der Waals surface area contributed by atoms with Gasteiger partial charge in [0.05, 0.1) is 14.2 Å². The Balaban J connectivity index is 1.54. The number of nitrogens with zero attached hydrogens (tertiary/aromatic N) is 1. The van der Waals surface area contributed by atoms with Crippen molar-refractivity contribution in [2.24, 2.45) is 11.8 Å². The van der Waals surface area contributed by atoms with Crippen molar-refractivity contribution in [2.45, 2.75) is 50.9 Å². The predicted molar refractivity (Wildman–Crippen MR) is 183 cm³/mol. The average molecular weight is 740 g/mol. The predicted octanol–water partition coefficient (Wildman–Crippen LogP) is 5.42. The van der Waals surface area contributed by atoms with E-state index in [4.69, 9.17) is 9.47 Å². The summed E-state index contributed by atoms with van der Waals surface area (Å²) in [5, 5.41) is 5.93. The van der Waals surface area contributed by atoms with Crippen LogP contribution >= 0.6 is 22.6 Å². The van der Waals surface area contributed by atoms with Crippen LogP contribution in [0.15, 0.2) is 67.2 Å². The maximum atomic E-state index is 15.9. The van der Waals surface area contributed by atoms with Crippen LogP contribution in [-0.4, -0.2) is 53.4 Å². The standard InChI is InChI=1S/C36H39FIN3O5/c1-5-22-10-12-27(28(37)15-22)33(35(43)39-20-23-11-13-30(45-3)31(16-23)46-4)41-29(14-21(2)19-38)34(42)40-32(36(41)44)26-17-24-8-6-7-9-25(24)18-26/h5-13,15-16,21,26,29,32-33H,1,14,17-20H2,2-4H3,(H,39,43)(H,40,42)/t21?,29-,32-,33?/m1/s1. The molecule has 1 aliphatic carbocycles. The molecule has 8 nitrogen and oxygen atoms in total. The summed E-state index contributed by atoms with van der Waals surface area (Å²) in [6.07, 6.45) is 3.07. The molecule has 10 heteroatoms. The van der Waals surface area contributed by atoms with Crippen molar-refractivity contribution in [3.05, 3.63) is 101 Å². The molecule has 5 rings (SSSR count). The molecule has 1 aliphatic heterocycles. The van der Waals surface area contributed by atoms with Gasteiger partial charge in [0.2, 0.25) is 17.7 Å². The number of amides is 3. The zero-order valence-corrected chi connectivity index (χ0v) is 28.4. The molecule has 2 aliphatic rings. The number of alkyl halides is 1. The van der Waals surface area contributed by atoms with Gasteiger partial charge in [-0.2, -0.15) is 0 Å². The summed E-state index contributed by atoms with van der Waals surface area (Å²) in [5.41, 5.74) is 3.53. The molecule has 2 unspecified atom stereocenters. The van der Waals surface area contributed by atoms with Crippen molar-refractivity contribution in [1.82, 2.24) is 15.5 Å². The summed E-state index contributed by atoms with van der Waals surface area (Å²) in [5.74, 6) is -1.08. The second kappa shape index (κ2) is 14.7. The molecular weight excluding hydrogens is 700 g/mol. The first-order valence-electron chi connectivity index (χ1n) is 15.3. The third-order valence-corrected chi connectivity index (χ3v) is 10.4. The fraction of sp³-hybridized carbons (Fsp3) is 0.361. The molecule has 1 heterocycles. The van der Waals surface area contributed by atoms with Gasteiger partial charge in [0.15, 0.2) is 11.5 Å². The molecule has 3 aromatic carbocycles. The van der Waals surface area contributed by atoms with E-state index in [0.717, 1.165) is 15.6 Å². The highest BCUT2D eigenvalue weighted by Crippen LogP contribution is 2.36. The monoisotopic (exact) mass is 739 g/mol. The molecule has 3 amide bonds. The largest absolute Gasteiger partial charge is 0.493 e. The van der Waals surface area contributed by atoms with Crippen molar-refractivity contribution in [1.29, 1.82) is 0 Å². The zero-order chi connectivity index (χ0) is 33.0. The highest BCUT2D eigenvalue weighted by molar-refractivity contribution is 14.1. The van der Waals surface area contributed by atoms with Crippen LogP contribution in [0.5, 0.6) is 11.5 Å². The Labute approximate surface area is 282 Å². The lowest BCUT2D eigenvalue weighted by molar-refractivity contribution is -0.158. The van der Waals surface area contributed by atoms with Gasteiger partial charge in [-0.3, -0.25) is 14.4 Å². The molecule has 0 aromatic heterocycles. The van der Waals surface area contributed by atoms with Crippen LogP contribution in [0.25, 0.3) is 6.08 Å². The highest BCUT2D eigenvalue weighted by atomic mass is 127. The lowest BCUT2D eigenvalue weighted by Gasteiger charge is -2.45. The van der Waals surface area contributed by atoms with Crippen molar-refractivity contribution in [3.8, 4) is 11.5 Å². The van der Waals surface area contributed by atoms with Gasteiger partial charge >= 0.3 is 0 Å². The maximum Gasteiger partial charge on any atom is 0.247 e. The molecule has 1 fully saturated rings. The zero-order valence-electron chi connectivity index (χ0n) is 26.2. The molecule has 1 saturated heterocycles. The van der Waals surface area contributed by atoms with Crippen LogP contribution in [0.2, 0.25) is 0 Å². The molecule has 242 valence electrons. The Hall–Kier alpha value is -3.93. The molecule has 0 radical (unpaired) electrons. The number of rotatable bonds is 12. The van der Waals surface area contributed by atoms with E-state index in [-0.39, 0.29) is 35.8 Å². The number of carbonyl (C=O) groups is 3. The van der Waals surface area contributed by atoms with Crippen molar-refractivity contribution in [3.63, 3.8) is 0 Å². The van der Waals surface area contributed by atoms with E-state index in [1.165, 1.54) is 37.3 Å². The number of methoxy groups -OCH3 is 2. The van der Waals surface area contributed by atoms with Gasteiger partial charge in [0, 0.05) is 16.5 Å². The third kappa shape index (κ3) is 6.91. The summed E-state index contributed by atoms with van der Waals surface area (Å²) in [6, 6.07) is 14.5. The fourth-order valence-corrected chi connectivity index (χ4v) is 6.82. The fourth-order valence-electron chi connectivity index (χ4n) is 6.46. The average Bonchev–Trinajstić information content (AvgIpc) is 3.51. The summed E-state index contributed by atoms with van der Waals surface area (Å²) in [7, 11) is 3.06. The second-order valence-corrected chi connectivity index (χ2v) is 12.9. The van der Waals surface area contributed by atoms with Gasteiger partial charge in [-0.1, -0.05) is 84.6 Å². The molecule has 46 heavy (non-hydrogen) atoms. The first kappa shape index (κ1) is 33.4. The number of hydrogen-bond acceptors (Lipinski definition) is 5. The Bertz CT molecular complexity index is 1610. The van der Waals surface area contributed by atoms with Crippen LogP contribution in [0.3, 0.4) is 0 Å². The number of carbonyl (C=O) groups excluding carboxylic acids is 3. The van der Waals surface area contributed by atoms with Gasteiger partial charge in [-0.15, -0.1) is 0 Å². The molecular formula is C36H39FIN3O5.